The maximum Gasteiger partial charge on any atom is 0.255 e. The van der Waals surface area contributed by atoms with Gasteiger partial charge >= 0.3 is 0 Å². The Balaban J connectivity index is 0.00000121. The quantitative estimate of drug-likeness (QED) is 0.777. The van der Waals surface area contributed by atoms with Gasteiger partial charge < -0.3 is 10.6 Å². The number of nitrogens with zero attached hydrogens (tertiary/aromatic N) is 2. The van der Waals surface area contributed by atoms with Gasteiger partial charge in [0.25, 0.3) is 5.91 Å². The number of anilines is 1. The van der Waals surface area contributed by atoms with Gasteiger partial charge in [0.15, 0.2) is 0 Å². The lowest BCUT2D eigenvalue weighted by Gasteiger charge is -2.42. The summed E-state index contributed by atoms with van der Waals surface area (Å²) in [5.74, 6) is 0.0223. The van der Waals surface area contributed by atoms with Gasteiger partial charge in [-0.1, -0.05) is 11.6 Å². The third-order valence-corrected chi connectivity index (χ3v) is 4.73. The molecule has 2 aliphatic heterocycles. The molecular weight excluding hydrogens is 345 g/mol. The minimum absolute atomic E-state index is 0. The smallest absolute Gasteiger partial charge is 0.255 e. The van der Waals surface area contributed by atoms with Crippen LogP contribution in [0.3, 0.4) is 0 Å². The van der Waals surface area contributed by atoms with E-state index in [0.717, 1.165) is 13.1 Å². The van der Waals surface area contributed by atoms with Crippen LogP contribution in [0.2, 0.25) is 5.02 Å². The zero-order valence-electron chi connectivity index (χ0n) is 12.5. The molecule has 3 rings (SSSR count). The second-order valence-electron chi connectivity index (χ2n) is 5.84. The first-order valence-electron chi connectivity index (χ1n) is 7.16. The molecule has 2 N–H and O–H groups in total. The second kappa shape index (κ2) is 7.73. The highest BCUT2D eigenvalue weighted by Crippen LogP contribution is 2.27. The van der Waals surface area contributed by atoms with E-state index in [0.29, 0.717) is 22.3 Å². The van der Waals surface area contributed by atoms with Crippen molar-refractivity contribution < 1.29 is 4.79 Å². The van der Waals surface area contributed by atoms with Crippen molar-refractivity contribution in [1.82, 2.24) is 9.80 Å². The van der Waals surface area contributed by atoms with Crippen LogP contribution in [-0.2, 0) is 0 Å². The van der Waals surface area contributed by atoms with E-state index < -0.39 is 0 Å². The van der Waals surface area contributed by atoms with Crippen LogP contribution in [0.5, 0.6) is 0 Å². The number of piperazine rings is 1. The molecule has 7 heteroatoms. The number of nitrogen functional groups attached to an aromatic ring is 1. The van der Waals surface area contributed by atoms with Crippen molar-refractivity contribution in [2.45, 2.75) is 31.8 Å². The molecule has 0 aromatic heterocycles. The molecule has 2 fully saturated rings. The summed E-state index contributed by atoms with van der Waals surface area (Å²) < 4.78 is 0. The number of halogens is 3. The Hall–Kier alpha value is -0.680. The number of hydrogen-bond donors (Lipinski definition) is 1. The lowest BCUT2D eigenvalue weighted by Crippen LogP contribution is -2.56. The minimum Gasteiger partial charge on any atom is -0.399 e. The maximum absolute atomic E-state index is 12.7. The number of nitrogens with two attached hydrogens (primary N) is 1. The number of carbonyl (C=O) groups is 1. The van der Waals surface area contributed by atoms with Crippen LogP contribution in [0.1, 0.15) is 30.1 Å². The number of benzene rings is 1. The summed E-state index contributed by atoms with van der Waals surface area (Å²) in [6.45, 7) is 5.04. The van der Waals surface area contributed by atoms with E-state index in [9.17, 15) is 4.79 Å². The van der Waals surface area contributed by atoms with E-state index in [1.54, 1.807) is 18.2 Å². The molecule has 1 aromatic carbocycles. The SMILES string of the molecule is CC1CN2CCCC2CN1C(=O)c1ccc(N)cc1Cl.Cl.Cl. The van der Waals surface area contributed by atoms with E-state index in [1.165, 1.54) is 19.4 Å². The van der Waals surface area contributed by atoms with Crippen molar-refractivity contribution in [3.05, 3.63) is 28.8 Å². The Labute approximate surface area is 148 Å². The van der Waals surface area contributed by atoms with Gasteiger partial charge in [-0.2, -0.15) is 0 Å². The standard InChI is InChI=1S/C15H20ClN3O.2ClH/c1-10-8-18-6-2-3-12(18)9-19(10)15(20)13-5-4-11(17)7-14(13)16;;/h4-5,7,10,12H,2-3,6,8-9,17H2,1H3;2*1H. The lowest BCUT2D eigenvalue weighted by atomic mass is 10.1. The molecule has 0 aliphatic carbocycles. The predicted molar refractivity (Wildman–Crippen MR) is 95.5 cm³/mol. The third-order valence-electron chi connectivity index (χ3n) is 4.42. The van der Waals surface area contributed by atoms with Gasteiger partial charge in [-0.15, -0.1) is 24.8 Å². The minimum atomic E-state index is 0. The fraction of sp³-hybridized carbons (Fsp3) is 0.533. The molecule has 2 heterocycles. The van der Waals surface area contributed by atoms with Gasteiger partial charge in [-0.3, -0.25) is 9.69 Å². The Morgan fingerprint density at radius 2 is 2.05 bits per heavy atom. The van der Waals surface area contributed by atoms with E-state index in [1.807, 2.05) is 4.90 Å². The van der Waals surface area contributed by atoms with E-state index in [4.69, 9.17) is 17.3 Å². The van der Waals surface area contributed by atoms with Crippen LogP contribution in [-0.4, -0.2) is 47.4 Å². The summed E-state index contributed by atoms with van der Waals surface area (Å²) in [5, 5.41) is 0.441. The molecule has 22 heavy (non-hydrogen) atoms. The van der Waals surface area contributed by atoms with Gasteiger partial charge in [-0.25, -0.2) is 0 Å². The van der Waals surface area contributed by atoms with Gasteiger partial charge in [0.2, 0.25) is 0 Å². The van der Waals surface area contributed by atoms with E-state index in [2.05, 4.69) is 11.8 Å². The molecule has 4 nitrogen and oxygen atoms in total. The van der Waals surface area contributed by atoms with Gasteiger partial charge in [0.05, 0.1) is 10.6 Å². The number of carbonyl (C=O) groups excluding carboxylic acids is 1. The van der Waals surface area contributed by atoms with E-state index in [-0.39, 0.29) is 36.8 Å². The Bertz CT molecular complexity index is 541. The molecule has 0 spiro atoms. The molecule has 0 radical (unpaired) electrons. The molecular formula is C15H22Cl3N3O. The molecule has 1 amide bonds. The average Bonchev–Trinajstić information content (AvgIpc) is 2.84. The summed E-state index contributed by atoms with van der Waals surface area (Å²) >= 11 is 6.16. The van der Waals surface area contributed by atoms with Crippen molar-refractivity contribution in [1.29, 1.82) is 0 Å². The van der Waals surface area contributed by atoms with Crippen molar-refractivity contribution in [2.24, 2.45) is 0 Å². The van der Waals surface area contributed by atoms with Gasteiger partial charge in [0.1, 0.15) is 0 Å². The second-order valence-corrected chi connectivity index (χ2v) is 6.24. The van der Waals surface area contributed by atoms with Crippen molar-refractivity contribution in [2.75, 3.05) is 25.4 Å². The summed E-state index contributed by atoms with van der Waals surface area (Å²) in [6, 6.07) is 5.85. The fourth-order valence-corrected chi connectivity index (χ4v) is 3.60. The highest BCUT2D eigenvalue weighted by Gasteiger charge is 2.37. The molecule has 1 aromatic rings. The largest absolute Gasteiger partial charge is 0.399 e. The average molecular weight is 367 g/mol. The highest BCUT2D eigenvalue weighted by molar-refractivity contribution is 6.34. The molecule has 0 saturated carbocycles. The van der Waals surface area contributed by atoms with Crippen molar-refractivity contribution >= 4 is 48.0 Å². The first kappa shape index (κ1) is 19.4. The maximum atomic E-state index is 12.7. The predicted octanol–water partition coefficient (Wildman–Crippen LogP) is 3.07. The van der Waals surface area contributed by atoms with Crippen LogP contribution in [0.25, 0.3) is 0 Å². The van der Waals surface area contributed by atoms with Gasteiger partial charge in [0, 0.05) is 30.9 Å². The van der Waals surface area contributed by atoms with Crippen molar-refractivity contribution in [3.8, 4) is 0 Å². The first-order chi connectivity index (χ1) is 9.56. The van der Waals surface area contributed by atoms with Crippen LogP contribution in [0.15, 0.2) is 18.2 Å². The zero-order valence-corrected chi connectivity index (χ0v) is 14.9. The Morgan fingerprint density at radius 3 is 2.73 bits per heavy atom. The molecule has 0 bridgehead atoms. The fourth-order valence-electron chi connectivity index (χ4n) is 3.33. The molecule has 2 atom stereocenters. The van der Waals surface area contributed by atoms with E-state index >= 15 is 0 Å². The summed E-state index contributed by atoms with van der Waals surface area (Å²) in [5.41, 5.74) is 6.83. The molecule has 124 valence electrons. The lowest BCUT2D eigenvalue weighted by molar-refractivity contribution is 0.0395. The van der Waals surface area contributed by atoms with Crippen LogP contribution < -0.4 is 5.73 Å². The topological polar surface area (TPSA) is 49.6 Å². The van der Waals surface area contributed by atoms with Crippen LogP contribution in [0, 0.1) is 0 Å². The van der Waals surface area contributed by atoms with Gasteiger partial charge in [-0.05, 0) is 44.5 Å². The molecule has 2 aliphatic rings. The van der Waals surface area contributed by atoms with Crippen molar-refractivity contribution in [3.63, 3.8) is 0 Å². The number of fused-ring (bicyclic) bond motifs is 1. The summed E-state index contributed by atoms with van der Waals surface area (Å²) in [6.07, 6.45) is 2.42. The summed E-state index contributed by atoms with van der Waals surface area (Å²) in [7, 11) is 0. The Kier molecular flexibility index (Phi) is 6.81. The molecule has 2 saturated heterocycles. The first-order valence-corrected chi connectivity index (χ1v) is 7.54. The monoisotopic (exact) mass is 365 g/mol. The van der Waals surface area contributed by atoms with Crippen LogP contribution >= 0.6 is 36.4 Å². The number of hydrogen-bond acceptors (Lipinski definition) is 3. The highest BCUT2D eigenvalue weighted by atomic mass is 35.5. The van der Waals surface area contributed by atoms with Crippen LogP contribution in [0.4, 0.5) is 5.69 Å². The number of amides is 1. The molecule has 2 unspecified atom stereocenters. The summed E-state index contributed by atoms with van der Waals surface area (Å²) in [4.78, 5) is 17.2. The zero-order chi connectivity index (χ0) is 14.3. The Morgan fingerprint density at radius 1 is 1.32 bits per heavy atom. The normalized spacial score (nSPS) is 24.2. The number of rotatable bonds is 1. The third kappa shape index (κ3) is 3.62.